The maximum atomic E-state index is 12.3. The Bertz CT molecular complexity index is 1090. The van der Waals surface area contributed by atoms with E-state index >= 15 is 0 Å². The molecule has 1 aromatic carbocycles. The number of aromatic nitrogens is 4. The van der Waals surface area contributed by atoms with E-state index in [2.05, 4.69) is 37.0 Å². The third-order valence-corrected chi connectivity index (χ3v) is 4.75. The molecule has 0 radical (unpaired) electrons. The van der Waals surface area contributed by atoms with Crippen molar-refractivity contribution in [3.63, 3.8) is 0 Å². The fourth-order valence-corrected chi connectivity index (χ4v) is 3.40. The second kappa shape index (κ2) is 9.05. The lowest BCUT2D eigenvalue weighted by Crippen LogP contribution is -2.43. The van der Waals surface area contributed by atoms with Gasteiger partial charge in [0.2, 0.25) is 0 Å². The van der Waals surface area contributed by atoms with E-state index in [1.807, 2.05) is 31.2 Å². The molecule has 2 heterocycles. The van der Waals surface area contributed by atoms with E-state index in [1.54, 1.807) is 28.4 Å². The van der Waals surface area contributed by atoms with E-state index < -0.39 is 11.8 Å². The Morgan fingerprint density at radius 3 is 2.62 bits per heavy atom. The van der Waals surface area contributed by atoms with Crippen LogP contribution in [0.5, 0.6) is 5.75 Å². The third-order valence-electron chi connectivity index (χ3n) is 4.00. The Kier molecular flexibility index (Phi) is 6.49. The zero-order valence-electron chi connectivity index (χ0n) is 15.7. The number of nitrogens with zero attached hydrogens (tertiary/aromatic N) is 3. The van der Waals surface area contributed by atoms with Crippen LogP contribution < -0.4 is 15.6 Å². The summed E-state index contributed by atoms with van der Waals surface area (Å²) in [7, 11) is 1.73. The number of hydrazine groups is 1. The monoisotopic (exact) mass is 478 g/mol. The normalized spacial score (nSPS) is 10.6. The lowest BCUT2D eigenvalue weighted by Gasteiger charge is -2.10. The van der Waals surface area contributed by atoms with Crippen molar-refractivity contribution in [3.05, 3.63) is 51.5 Å². The second-order valence-corrected chi connectivity index (χ2v) is 7.36. The summed E-state index contributed by atoms with van der Waals surface area (Å²) in [6.07, 6.45) is 1.74. The predicted octanol–water partition coefficient (Wildman–Crippen LogP) is 2.57. The van der Waals surface area contributed by atoms with Gasteiger partial charge < -0.3 is 9.30 Å². The first-order valence-electron chi connectivity index (χ1n) is 8.68. The van der Waals surface area contributed by atoms with Gasteiger partial charge in [0, 0.05) is 23.3 Å². The molecule has 0 bridgehead atoms. The zero-order valence-corrected chi connectivity index (χ0v) is 18.1. The van der Waals surface area contributed by atoms with Crippen molar-refractivity contribution in [3.8, 4) is 17.1 Å². The number of nitrogens with one attached hydrogen (secondary N) is 3. The largest absolute Gasteiger partial charge is 0.494 e. The Morgan fingerprint density at radius 1 is 1.28 bits per heavy atom. The molecule has 11 heteroatoms. The molecule has 2 aromatic heterocycles. The zero-order chi connectivity index (χ0) is 21.0. The van der Waals surface area contributed by atoms with Crippen LogP contribution in [0.15, 0.2) is 41.0 Å². The van der Waals surface area contributed by atoms with Crippen LogP contribution in [0.1, 0.15) is 17.4 Å². The summed E-state index contributed by atoms with van der Waals surface area (Å²) in [6.45, 7) is 2.37. The molecule has 0 fully saturated rings. The van der Waals surface area contributed by atoms with Crippen LogP contribution in [-0.4, -0.2) is 37.8 Å². The van der Waals surface area contributed by atoms with Gasteiger partial charge in [-0.1, -0.05) is 0 Å². The van der Waals surface area contributed by atoms with Gasteiger partial charge in [0.25, 0.3) is 11.8 Å². The third kappa shape index (κ3) is 4.93. The number of rotatable bonds is 6. The van der Waals surface area contributed by atoms with Crippen LogP contribution in [-0.2, 0) is 18.4 Å². The van der Waals surface area contributed by atoms with E-state index in [4.69, 9.17) is 17.0 Å². The van der Waals surface area contributed by atoms with Crippen molar-refractivity contribution >= 4 is 40.0 Å². The molecular formula is C18H19BrN6O3S. The molecule has 152 valence electrons. The number of carbonyl (C=O) groups excluding carboxylic acids is 2. The van der Waals surface area contributed by atoms with E-state index in [0.29, 0.717) is 22.9 Å². The summed E-state index contributed by atoms with van der Waals surface area (Å²) in [4.78, 5) is 24.5. The molecule has 0 saturated carbocycles. The van der Waals surface area contributed by atoms with Crippen molar-refractivity contribution in [1.29, 1.82) is 0 Å². The lowest BCUT2D eigenvalue weighted by molar-refractivity contribution is -0.122. The number of H-pyrrole nitrogens is 1. The maximum Gasteiger partial charge on any atom is 0.286 e. The molecule has 0 aliphatic heterocycles. The van der Waals surface area contributed by atoms with Gasteiger partial charge in [0.1, 0.15) is 18.0 Å². The van der Waals surface area contributed by atoms with Gasteiger partial charge >= 0.3 is 0 Å². The molecule has 29 heavy (non-hydrogen) atoms. The highest BCUT2D eigenvalue weighted by atomic mass is 79.9. The first-order valence-corrected chi connectivity index (χ1v) is 9.88. The van der Waals surface area contributed by atoms with Crippen molar-refractivity contribution in [2.24, 2.45) is 7.05 Å². The topological polar surface area (TPSA) is 106 Å². The van der Waals surface area contributed by atoms with Crippen LogP contribution in [0.4, 0.5) is 0 Å². The van der Waals surface area contributed by atoms with Gasteiger partial charge in [-0.25, -0.2) is 0 Å². The van der Waals surface area contributed by atoms with Crippen molar-refractivity contribution < 1.29 is 14.3 Å². The van der Waals surface area contributed by atoms with E-state index in [-0.39, 0.29) is 6.54 Å². The van der Waals surface area contributed by atoms with Gasteiger partial charge in [0.15, 0.2) is 10.6 Å². The Morgan fingerprint density at radius 2 is 2.00 bits per heavy atom. The number of amides is 2. The number of carbonyl (C=O) groups is 2. The number of aryl methyl sites for hydroxylation is 1. The van der Waals surface area contributed by atoms with Crippen LogP contribution in [0.25, 0.3) is 11.4 Å². The minimum absolute atomic E-state index is 0.116. The van der Waals surface area contributed by atoms with Crippen LogP contribution in [0, 0.1) is 4.77 Å². The number of ether oxygens (including phenoxy) is 1. The molecule has 0 atom stereocenters. The van der Waals surface area contributed by atoms with Crippen molar-refractivity contribution in [2.75, 3.05) is 6.61 Å². The molecule has 0 spiro atoms. The highest BCUT2D eigenvalue weighted by Crippen LogP contribution is 2.21. The van der Waals surface area contributed by atoms with Gasteiger partial charge in [-0.15, -0.1) is 0 Å². The molecule has 0 unspecified atom stereocenters. The number of aromatic amines is 1. The summed E-state index contributed by atoms with van der Waals surface area (Å²) in [5, 5.41) is 6.89. The highest BCUT2D eigenvalue weighted by Gasteiger charge is 2.15. The van der Waals surface area contributed by atoms with Gasteiger partial charge in [-0.05, 0) is 65.4 Å². The summed E-state index contributed by atoms with van der Waals surface area (Å²) in [6, 6.07) is 8.95. The molecule has 0 aliphatic rings. The molecule has 3 rings (SSSR count). The van der Waals surface area contributed by atoms with Gasteiger partial charge in [-0.3, -0.25) is 30.1 Å². The molecule has 0 saturated heterocycles. The van der Waals surface area contributed by atoms with Gasteiger partial charge in [0.05, 0.1) is 6.61 Å². The molecular weight excluding hydrogens is 460 g/mol. The second-order valence-electron chi connectivity index (χ2n) is 6.05. The smallest absolute Gasteiger partial charge is 0.286 e. The fourth-order valence-electron chi connectivity index (χ4n) is 2.68. The first-order chi connectivity index (χ1) is 13.9. The molecule has 2 amide bonds. The predicted molar refractivity (Wildman–Crippen MR) is 113 cm³/mol. The summed E-state index contributed by atoms with van der Waals surface area (Å²) in [5.41, 5.74) is 5.95. The Balaban J connectivity index is 1.68. The summed E-state index contributed by atoms with van der Waals surface area (Å²) < 4.78 is 9.68. The minimum Gasteiger partial charge on any atom is -0.494 e. The number of hydrogen-bond donors (Lipinski definition) is 3. The molecule has 3 N–H and O–H groups in total. The Hall–Kier alpha value is -2.92. The highest BCUT2D eigenvalue weighted by molar-refractivity contribution is 9.10. The SMILES string of the molecule is CCOc1ccc(-c2n[nH]c(=S)n2CC(=O)NNC(=O)c2cc(Br)cn2C)cc1. The standard InChI is InChI=1S/C18H19BrN6O3S/c1-3-28-13-6-4-11(5-7-13)16-21-23-18(29)25(16)10-15(26)20-22-17(27)14-8-12(19)9-24(14)2/h4-9H,3,10H2,1-2H3,(H,20,26)(H,22,27)(H,23,29). The summed E-state index contributed by atoms with van der Waals surface area (Å²) in [5.74, 6) is 0.362. The average molecular weight is 479 g/mol. The number of halogens is 1. The minimum atomic E-state index is -0.448. The summed E-state index contributed by atoms with van der Waals surface area (Å²) >= 11 is 8.54. The first kappa shape index (κ1) is 20.8. The van der Waals surface area contributed by atoms with Crippen LogP contribution in [0.3, 0.4) is 0 Å². The molecule has 0 aliphatic carbocycles. The Labute approximate surface area is 180 Å². The molecule has 3 aromatic rings. The fraction of sp³-hybridized carbons (Fsp3) is 0.222. The quantitative estimate of drug-likeness (QED) is 0.372. The lowest BCUT2D eigenvalue weighted by atomic mass is 10.2. The van der Waals surface area contributed by atoms with Gasteiger partial charge in [-0.2, -0.15) is 5.10 Å². The average Bonchev–Trinajstić information content (AvgIpc) is 3.22. The van der Waals surface area contributed by atoms with E-state index in [9.17, 15) is 9.59 Å². The number of hydrogen-bond acceptors (Lipinski definition) is 5. The number of benzene rings is 1. The maximum absolute atomic E-state index is 12.3. The van der Waals surface area contributed by atoms with E-state index in [0.717, 1.165) is 15.8 Å². The molecule has 9 nitrogen and oxygen atoms in total. The van der Waals surface area contributed by atoms with Crippen molar-refractivity contribution in [2.45, 2.75) is 13.5 Å². The van der Waals surface area contributed by atoms with Crippen LogP contribution >= 0.6 is 28.1 Å². The van der Waals surface area contributed by atoms with Crippen molar-refractivity contribution in [1.82, 2.24) is 30.2 Å². The van der Waals surface area contributed by atoms with E-state index in [1.165, 1.54) is 0 Å². The van der Waals surface area contributed by atoms with Crippen LogP contribution in [0.2, 0.25) is 0 Å².